The maximum absolute atomic E-state index is 11.8. The number of hydrogen-bond acceptors (Lipinski definition) is 7. The van der Waals surface area contributed by atoms with Crippen molar-refractivity contribution in [1.29, 1.82) is 0 Å². The summed E-state index contributed by atoms with van der Waals surface area (Å²) in [6.07, 6.45) is 0.670. The van der Waals surface area contributed by atoms with E-state index < -0.39 is 11.9 Å². The number of aliphatic imine (C=N–C) groups is 1. The van der Waals surface area contributed by atoms with Crippen LogP contribution < -0.4 is 32.0 Å². The minimum Gasteiger partial charge on any atom is -0.454 e. The van der Waals surface area contributed by atoms with Gasteiger partial charge in [0.15, 0.2) is 39.9 Å². The molecule has 11 heteroatoms. The number of hydrogen-bond donors (Lipinski definition) is 4. The van der Waals surface area contributed by atoms with Gasteiger partial charge in [-0.25, -0.2) is 9.97 Å². The van der Waals surface area contributed by atoms with Crippen molar-refractivity contribution in [3.8, 4) is 11.5 Å². The van der Waals surface area contributed by atoms with Crippen molar-refractivity contribution in [3.05, 3.63) is 34.6 Å². The SMILES string of the molecule is NC(N)=NC(=O)c1nc(Cl)c(NCCc2ccc3c(c2)OCO3)nc1N. The molecule has 0 radical (unpaired) electrons. The number of guanidine groups is 1. The molecule has 1 aliphatic rings. The van der Waals surface area contributed by atoms with Crippen LogP contribution in [0.25, 0.3) is 0 Å². The lowest BCUT2D eigenvalue weighted by molar-refractivity contribution is 0.0998. The summed E-state index contributed by atoms with van der Waals surface area (Å²) in [5, 5.41) is 3.01. The maximum atomic E-state index is 11.8. The second-order valence-electron chi connectivity index (χ2n) is 5.30. The van der Waals surface area contributed by atoms with E-state index in [0.29, 0.717) is 18.7 Å². The zero-order valence-corrected chi connectivity index (χ0v) is 14.3. The van der Waals surface area contributed by atoms with Gasteiger partial charge in [-0.1, -0.05) is 17.7 Å². The van der Waals surface area contributed by atoms with Crippen LogP contribution >= 0.6 is 11.6 Å². The summed E-state index contributed by atoms with van der Waals surface area (Å²) in [6, 6.07) is 5.70. The molecule has 0 atom stereocenters. The number of ether oxygens (including phenoxy) is 2. The molecule has 1 aliphatic heterocycles. The Morgan fingerprint density at radius 2 is 2.04 bits per heavy atom. The highest BCUT2D eigenvalue weighted by Gasteiger charge is 2.17. The Morgan fingerprint density at radius 3 is 2.81 bits per heavy atom. The molecule has 0 saturated carbocycles. The molecule has 7 N–H and O–H groups in total. The average Bonchev–Trinajstić information content (AvgIpc) is 3.04. The van der Waals surface area contributed by atoms with E-state index in [-0.39, 0.29) is 29.3 Å². The van der Waals surface area contributed by atoms with Gasteiger partial charge in [-0.2, -0.15) is 4.99 Å². The molecule has 1 aromatic carbocycles. The summed E-state index contributed by atoms with van der Waals surface area (Å²) in [4.78, 5) is 23.1. The first kappa shape index (κ1) is 17.5. The van der Waals surface area contributed by atoms with Gasteiger partial charge in [0.05, 0.1) is 0 Å². The summed E-state index contributed by atoms with van der Waals surface area (Å²) in [7, 11) is 0. The number of rotatable bonds is 5. The van der Waals surface area contributed by atoms with E-state index in [2.05, 4.69) is 20.3 Å². The van der Waals surface area contributed by atoms with Gasteiger partial charge >= 0.3 is 5.91 Å². The number of carbonyl (C=O) groups is 1. The Kier molecular flexibility index (Phi) is 4.94. The highest BCUT2D eigenvalue weighted by atomic mass is 35.5. The maximum Gasteiger partial charge on any atom is 0.302 e. The number of nitrogens with two attached hydrogens (primary N) is 3. The van der Waals surface area contributed by atoms with Crippen LogP contribution in [0.5, 0.6) is 11.5 Å². The lowest BCUT2D eigenvalue weighted by Gasteiger charge is -2.09. The van der Waals surface area contributed by atoms with Gasteiger partial charge in [0, 0.05) is 6.54 Å². The van der Waals surface area contributed by atoms with E-state index in [4.69, 9.17) is 38.3 Å². The second kappa shape index (κ2) is 7.31. The highest BCUT2D eigenvalue weighted by Crippen LogP contribution is 2.32. The molecule has 2 heterocycles. The summed E-state index contributed by atoms with van der Waals surface area (Å²) >= 11 is 6.05. The highest BCUT2D eigenvalue weighted by molar-refractivity contribution is 6.32. The number of fused-ring (bicyclic) bond motifs is 1. The minimum atomic E-state index is -0.816. The van der Waals surface area contributed by atoms with E-state index >= 15 is 0 Å². The first-order valence-corrected chi connectivity index (χ1v) is 7.91. The van der Waals surface area contributed by atoms with Gasteiger partial charge < -0.3 is 32.0 Å². The fourth-order valence-corrected chi connectivity index (χ4v) is 2.48. The van der Waals surface area contributed by atoms with Crippen LogP contribution in [0.1, 0.15) is 16.1 Å². The fourth-order valence-electron chi connectivity index (χ4n) is 2.29. The Balaban J connectivity index is 1.66. The molecule has 26 heavy (non-hydrogen) atoms. The van der Waals surface area contributed by atoms with E-state index in [1.165, 1.54) is 0 Å². The van der Waals surface area contributed by atoms with Crippen molar-refractivity contribution in [2.45, 2.75) is 6.42 Å². The molecule has 1 amide bonds. The Morgan fingerprint density at radius 1 is 1.27 bits per heavy atom. The Bertz CT molecular complexity index is 884. The van der Waals surface area contributed by atoms with Crippen LogP contribution in [0.15, 0.2) is 23.2 Å². The molecule has 0 saturated heterocycles. The molecule has 136 valence electrons. The number of nitrogens with zero attached hydrogens (tertiary/aromatic N) is 3. The third-order valence-corrected chi connectivity index (χ3v) is 3.72. The predicted molar refractivity (Wildman–Crippen MR) is 96.4 cm³/mol. The number of anilines is 2. The quantitative estimate of drug-likeness (QED) is 0.429. The van der Waals surface area contributed by atoms with Crippen LogP contribution in [-0.4, -0.2) is 35.2 Å². The molecular weight excluding hydrogens is 362 g/mol. The molecule has 2 aromatic rings. The van der Waals surface area contributed by atoms with E-state index in [1.807, 2.05) is 18.2 Å². The van der Waals surface area contributed by atoms with E-state index in [9.17, 15) is 4.79 Å². The molecular formula is C15H16ClN7O3. The molecule has 0 fully saturated rings. The van der Waals surface area contributed by atoms with Crippen LogP contribution in [0.2, 0.25) is 5.15 Å². The second-order valence-corrected chi connectivity index (χ2v) is 5.66. The zero-order chi connectivity index (χ0) is 18.7. The van der Waals surface area contributed by atoms with Crippen LogP contribution in [0.3, 0.4) is 0 Å². The largest absolute Gasteiger partial charge is 0.454 e. The number of halogens is 1. The lowest BCUT2D eigenvalue weighted by atomic mass is 10.1. The monoisotopic (exact) mass is 377 g/mol. The van der Waals surface area contributed by atoms with Gasteiger partial charge in [0.1, 0.15) is 0 Å². The summed E-state index contributed by atoms with van der Waals surface area (Å²) in [6.45, 7) is 0.737. The van der Waals surface area contributed by atoms with E-state index in [0.717, 1.165) is 11.3 Å². The summed E-state index contributed by atoms with van der Waals surface area (Å²) in [5.74, 6) is 0.347. The third kappa shape index (κ3) is 3.86. The molecule has 3 rings (SSSR count). The number of carbonyl (C=O) groups excluding carboxylic acids is 1. The van der Waals surface area contributed by atoms with Gasteiger partial charge in [0.2, 0.25) is 6.79 Å². The molecule has 0 spiro atoms. The van der Waals surface area contributed by atoms with Crippen molar-refractivity contribution in [1.82, 2.24) is 9.97 Å². The number of benzene rings is 1. The lowest BCUT2D eigenvalue weighted by Crippen LogP contribution is -2.25. The Hall–Kier alpha value is -3.27. The van der Waals surface area contributed by atoms with Gasteiger partial charge in [0.25, 0.3) is 0 Å². The summed E-state index contributed by atoms with van der Waals surface area (Å²) in [5.41, 5.74) is 16.9. The van der Waals surface area contributed by atoms with Crippen molar-refractivity contribution < 1.29 is 14.3 Å². The normalized spacial score (nSPS) is 11.9. The van der Waals surface area contributed by atoms with Crippen LogP contribution in [-0.2, 0) is 6.42 Å². The van der Waals surface area contributed by atoms with Gasteiger partial charge in [-0.15, -0.1) is 0 Å². The molecule has 10 nitrogen and oxygen atoms in total. The number of nitrogen functional groups attached to an aromatic ring is 1. The average molecular weight is 378 g/mol. The molecule has 0 bridgehead atoms. The van der Waals surface area contributed by atoms with Crippen LogP contribution in [0.4, 0.5) is 11.6 Å². The third-order valence-electron chi connectivity index (χ3n) is 3.46. The topological polar surface area (TPSA) is 164 Å². The smallest absolute Gasteiger partial charge is 0.302 e. The first-order valence-electron chi connectivity index (χ1n) is 7.53. The zero-order valence-electron chi connectivity index (χ0n) is 13.5. The fraction of sp³-hybridized carbons (Fsp3) is 0.200. The van der Waals surface area contributed by atoms with Crippen molar-refractivity contribution in [2.75, 3.05) is 24.4 Å². The van der Waals surface area contributed by atoms with Crippen molar-refractivity contribution in [2.24, 2.45) is 16.5 Å². The van der Waals surface area contributed by atoms with Crippen LogP contribution in [0, 0.1) is 0 Å². The molecule has 1 aromatic heterocycles. The number of amides is 1. The Labute approximate surface area is 153 Å². The van der Waals surface area contributed by atoms with Crippen molar-refractivity contribution >= 4 is 35.1 Å². The predicted octanol–water partition coefficient (Wildman–Crippen LogP) is 0.509. The molecule has 0 unspecified atom stereocenters. The first-order chi connectivity index (χ1) is 12.4. The summed E-state index contributed by atoms with van der Waals surface area (Å²) < 4.78 is 10.6. The number of aromatic nitrogens is 2. The molecule has 0 aliphatic carbocycles. The standard InChI is InChI=1S/C15H16ClN7O3/c16-11-13(22-12(17)10(21-11)14(24)23-15(18)19)20-4-3-7-1-2-8-9(5-7)26-6-25-8/h1-2,5H,3-4,6H2,(H3,17,20,22)(H4,18,19,23,24). The van der Waals surface area contributed by atoms with E-state index in [1.54, 1.807) is 0 Å². The van der Waals surface area contributed by atoms with Gasteiger partial charge in [-0.05, 0) is 24.1 Å². The minimum absolute atomic E-state index is 0.0148. The van der Waals surface area contributed by atoms with Gasteiger partial charge in [-0.3, -0.25) is 4.79 Å². The van der Waals surface area contributed by atoms with Crippen molar-refractivity contribution in [3.63, 3.8) is 0 Å². The number of nitrogens with one attached hydrogen (secondary N) is 1.